The van der Waals surface area contributed by atoms with Gasteiger partial charge in [0.05, 0.1) is 11.8 Å². The van der Waals surface area contributed by atoms with Crippen molar-refractivity contribution in [1.82, 2.24) is 4.98 Å². The molecule has 0 aliphatic carbocycles. The van der Waals surface area contributed by atoms with E-state index in [0.29, 0.717) is 0 Å². The minimum Gasteiger partial charge on any atom is -0.387 e. The molecular formula is C11H17NO. The lowest BCUT2D eigenvalue weighted by molar-refractivity contribution is 0.159. The normalized spacial score (nSPS) is 12.8. The predicted octanol–water partition coefficient (Wildman–Crippen LogP) is 2.70. The van der Waals surface area contributed by atoms with Crippen molar-refractivity contribution in [2.75, 3.05) is 0 Å². The second-order valence-corrected chi connectivity index (χ2v) is 3.27. The third kappa shape index (κ3) is 3.55. The Morgan fingerprint density at radius 1 is 1.38 bits per heavy atom. The van der Waals surface area contributed by atoms with E-state index in [9.17, 15) is 5.11 Å². The minimum atomic E-state index is -0.382. The highest BCUT2D eigenvalue weighted by molar-refractivity contribution is 5.06. The molecule has 0 amide bonds. The summed E-state index contributed by atoms with van der Waals surface area (Å²) in [7, 11) is 0. The monoisotopic (exact) mass is 179 g/mol. The first kappa shape index (κ1) is 10.2. The Morgan fingerprint density at radius 3 is 2.85 bits per heavy atom. The first-order valence-electron chi connectivity index (χ1n) is 4.93. The van der Waals surface area contributed by atoms with Gasteiger partial charge in [0.2, 0.25) is 0 Å². The zero-order valence-electron chi connectivity index (χ0n) is 8.11. The number of aromatic nitrogens is 1. The smallest absolute Gasteiger partial charge is 0.0959 e. The van der Waals surface area contributed by atoms with Crippen LogP contribution in [0.4, 0.5) is 0 Å². The fourth-order valence-corrected chi connectivity index (χ4v) is 1.31. The van der Waals surface area contributed by atoms with E-state index in [4.69, 9.17) is 0 Å². The lowest BCUT2D eigenvalue weighted by Gasteiger charge is -2.08. The van der Waals surface area contributed by atoms with Gasteiger partial charge in [-0.3, -0.25) is 4.98 Å². The lowest BCUT2D eigenvalue weighted by Crippen LogP contribution is -1.99. The van der Waals surface area contributed by atoms with Gasteiger partial charge in [0.1, 0.15) is 0 Å². The van der Waals surface area contributed by atoms with Gasteiger partial charge in [-0.25, -0.2) is 0 Å². The quantitative estimate of drug-likeness (QED) is 0.705. The molecule has 0 aromatic carbocycles. The fraction of sp³-hybridized carbons (Fsp3) is 0.545. The van der Waals surface area contributed by atoms with Gasteiger partial charge in [0.25, 0.3) is 0 Å². The summed E-state index contributed by atoms with van der Waals surface area (Å²) in [4.78, 5) is 4.11. The predicted molar refractivity (Wildman–Crippen MR) is 53.3 cm³/mol. The van der Waals surface area contributed by atoms with Crippen LogP contribution in [-0.4, -0.2) is 10.1 Å². The van der Waals surface area contributed by atoms with Crippen LogP contribution in [0, 0.1) is 0 Å². The second kappa shape index (κ2) is 5.70. The number of nitrogens with zero attached hydrogens (tertiary/aromatic N) is 1. The molecule has 1 atom stereocenters. The maximum absolute atomic E-state index is 9.68. The van der Waals surface area contributed by atoms with Gasteiger partial charge >= 0.3 is 0 Å². The molecule has 0 saturated carbocycles. The average Bonchev–Trinajstić information content (AvgIpc) is 2.19. The Kier molecular flexibility index (Phi) is 4.47. The van der Waals surface area contributed by atoms with E-state index in [1.165, 1.54) is 12.8 Å². The Balaban J connectivity index is 2.35. The maximum atomic E-state index is 9.68. The number of hydrogen-bond acceptors (Lipinski definition) is 2. The highest BCUT2D eigenvalue weighted by atomic mass is 16.3. The maximum Gasteiger partial charge on any atom is 0.0959 e. The molecule has 1 aromatic heterocycles. The van der Waals surface area contributed by atoms with Crippen molar-refractivity contribution in [1.29, 1.82) is 0 Å². The Labute approximate surface area is 79.6 Å². The molecule has 2 nitrogen and oxygen atoms in total. The molecule has 0 fully saturated rings. The third-order valence-corrected chi connectivity index (χ3v) is 2.11. The Morgan fingerprint density at radius 2 is 2.23 bits per heavy atom. The number of aliphatic hydroxyl groups excluding tert-OH is 1. The summed E-state index contributed by atoms with van der Waals surface area (Å²) in [5, 5.41) is 9.68. The van der Waals surface area contributed by atoms with Gasteiger partial charge in [0.15, 0.2) is 0 Å². The SMILES string of the molecule is CCCCC[C@@H](O)c1ccccn1. The highest BCUT2D eigenvalue weighted by Gasteiger charge is 2.06. The van der Waals surface area contributed by atoms with Gasteiger partial charge in [-0.1, -0.05) is 32.3 Å². The van der Waals surface area contributed by atoms with Gasteiger partial charge in [0, 0.05) is 6.20 Å². The topological polar surface area (TPSA) is 33.1 Å². The van der Waals surface area contributed by atoms with Gasteiger partial charge in [-0.05, 0) is 18.6 Å². The van der Waals surface area contributed by atoms with Gasteiger partial charge < -0.3 is 5.11 Å². The molecule has 0 aliphatic rings. The molecule has 0 bridgehead atoms. The van der Waals surface area contributed by atoms with E-state index in [1.807, 2.05) is 18.2 Å². The molecule has 0 radical (unpaired) electrons. The van der Waals surface area contributed by atoms with Crippen molar-refractivity contribution in [2.45, 2.75) is 38.7 Å². The first-order chi connectivity index (χ1) is 6.34. The van der Waals surface area contributed by atoms with Crippen molar-refractivity contribution >= 4 is 0 Å². The van der Waals surface area contributed by atoms with Crippen LogP contribution in [0.25, 0.3) is 0 Å². The van der Waals surface area contributed by atoms with Crippen LogP contribution >= 0.6 is 0 Å². The summed E-state index contributed by atoms with van der Waals surface area (Å²) >= 11 is 0. The first-order valence-corrected chi connectivity index (χ1v) is 4.93. The van der Waals surface area contributed by atoms with E-state index in [1.54, 1.807) is 6.20 Å². The van der Waals surface area contributed by atoms with Crippen LogP contribution in [0.5, 0.6) is 0 Å². The molecular weight excluding hydrogens is 162 g/mol. The van der Waals surface area contributed by atoms with Crippen LogP contribution in [-0.2, 0) is 0 Å². The number of unbranched alkanes of at least 4 members (excludes halogenated alkanes) is 2. The molecule has 0 spiro atoms. The standard InChI is InChI=1S/C11H17NO/c1-2-3-4-8-11(13)10-7-5-6-9-12-10/h5-7,9,11,13H,2-4,8H2,1H3/t11-/m1/s1. The Hall–Kier alpha value is -0.890. The number of rotatable bonds is 5. The molecule has 0 unspecified atom stereocenters. The van der Waals surface area contributed by atoms with Gasteiger partial charge in [-0.15, -0.1) is 0 Å². The molecule has 72 valence electrons. The zero-order valence-corrected chi connectivity index (χ0v) is 8.11. The molecule has 1 N–H and O–H groups in total. The molecule has 2 heteroatoms. The largest absolute Gasteiger partial charge is 0.387 e. The fourth-order valence-electron chi connectivity index (χ4n) is 1.31. The van der Waals surface area contributed by atoms with Crippen LogP contribution < -0.4 is 0 Å². The van der Waals surface area contributed by atoms with E-state index in [-0.39, 0.29) is 6.10 Å². The van der Waals surface area contributed by atoms with E-state index in [0.717, 1.165) is 18.5 Å². The minimum absolute atomic E-state index is 0.382. The van der Waals surface area contributed by atoms with E-state index < -0.39 is 0 Å². The third-order valence-electron chi connectivity index (χ3n) is 2.11. The summed E-state index contributed by atoms with van der Waals surface area (Å²) in [6.45, 7) is 2.16. The summed E-state index contributed by atoms with van der Waals surface area (Å²) in [5.74, 6) is 0. The van der Waals surface area contributed by atoms with E-state index in [2.05, 4.69) is 11.9 Å². The molecule has 1 aromatic rings. The lowest BCUT2D eigenvalue weighted by atomic mass is 10.1. The van der Waals surface area contributed by atoms with Crippen molar-refractivity contribution in [3.05, 3.63) is 30.1 Å². The number of pyridine rings is 1. The highest BCUT2D eigenvalue weighted by Crippen LogP contribution is 2.16. The van der Waals surface area contributed by atoms with Crippen LogP contribution in [0.3, 0.4) is 0 Å². The van der Waals surface area contributed by atoms with Gasteiger partial charge in [-0.2, -0.15) is 0 Å². The number of hydrogen-bond donors (Lipinski definition) is 1. The summed E-state index contributed by atoms with van der Waals surface area (Å²) in [5.41, 5.74) is 0.790. The van der Waals surface area contributed by atoms with Crippen molar-refractivity contribution in [2.24, 2.45) is 0 Å². The molecule has 0 aliphatic heterocycles. The molecule has 13 heavy (non-hydrogen) atoms. The summed E-state index contributed by atoms with van der Waals surface area (Å²) < 4.78 is 0. The summed E-state index contributed by atoms with van der Waals surface area (Å²) in [6.07, 6.45) is 5.61. The summed E-state index contributed by atoms with van der Waals surface area (Å²) in [6, 6.07) is 5.64. The van der Waals surface area contributed by atoms with Crippen LogP contribution in [0.1, 0.15) is 44.4 Å². The molecule has 1 heterocycles. The van der Waals surface area contributed by atoms with Crippen molar-refractivity contribution < 1.29 is 5.11 Å². The number of aliphatic hydroxyl groups is 1. The zero-order chi connectivity index (χ0) is 9.52. The molecule has 1 rings (SSSR count). The Bertz CT molecular complexity index is 223. The average molecular weight is 179 g/mol. The van der Waals surface area contributed by atoms with Crippen LogP contribution in [0.15, 0.2) is 24.4 Å². The van der Waals surface area contributed by atoms with Crippen molar-refractivity contribution in [3.63, 3.8) is 0 Å². The molecule has 0 saturated heterocycles. The van der Waals surface area contributed by atoms with Crippen LogP contribution in [0.2, 0.25) is 0 Å². The second-order valence-electron chi connectivity index (χ2n) is 3.27. The van der Waals surface area contributed by atoms with Crippen molar-refractivity contribution in [3.8, 4) is 0 Å². The van der Waals surface area contributed by atoms with E-state index >= 15 is 0 Å².